The van der Waals surface area contributed by atoms with Crippen molar-refractivity contribution in [3.05, 3.63) is 53.6 Å². The molecule has 0 spiro atoms. The van der Waals surface area contributed by atoms with Crippen LogP contribution >= 0.6 is 0 Å². The van der Waals surface area contributed by atoms with Crippen molar-refractivity contribution in [2.75, 3.05) is 32.9 Å². The van der Waals surface area contributed by atoms with Gasteiger partial charge in [-0.3, -0.25) is 14.5 Å². The summed E-state index contributed by atoms with van der Waals surface area (Å²) in [7, 11) is 0. The lowest BCUT2D eigenvalue weighted by Gasteiger charge is -2.31. The number of ketones is 1. The van der Waals surface area contributed by atoms with Gasteiger partial charge in [0.25, 0.3) is 0 Å². The molecule has 0 bridgehead atoms. The fourth-order valence-electron chi connectivity index (χ4n) is 5.29. The first-order chi connectivity index (χ1) is 18.9. The van der Waals surface area contributed by atoms with Crippen molar-refractivity contribution in [3.8, 4) is 17.2 Å². The highest BCUT2D eigenvalue weighted by Crippen LogP contribution is 2.34. The Bertz CT molecular complexity index is 1090. The van der Waals surface area contributed by atoms with Crippen LogP contribution < -0.4 is 19.5 Å². The molecular formula is C31H42N2O6. The second kappa shape index (κ2) is 14.3. The number of unbranched alkanes of at least 4 members (excludes halogenated alkanes) is 2. The molecule has 8 nitrogen and oxygen atoms in total. The van der Waals surface area contributed by atoms with Crippen LogP contribution in [-0.2, 0) is 4.79 Å². The van der Waals surface area contributed by atoms with E-state index in [1.165, 1.54) is 0 Å². The molecule has 0 radical (unpaired) electrons. The second-order valence-electron chi connectivity index (χ2n) is 10.4. The van der Waals surface area contributed by atoms with Crippen LogP contribution in [0, 0.1) is 0 Å². The van der Waals surface area contributed by atoms with E-state index in [1.54, 1.807) is 12.1 Å². The number of hydrogen-bond acceptors (Lipinski definition) is 7. The Morgan fingerprint density at radius 2 is 1.79 bits per heavy atom. The summed E-state index contributed by atoms with van der Waals surface area (Å²) in [4.78, 5) is 27.7. The highest BCUT2D eigenvalue weighted by Gasteiger charge is 2.30. The van der Waals surface area contributed by atoms with Gasteiger partial charge in [0.2, 0.25) is 5.91 Å². The van der Waals surface area contributed by atoms with Crippen LogP contribution in [0.3, 0.4) is 0 Å². The molecule has 212 valence electrons. The summed E-state index contributed by atoms with van der Waals surface area (Å²) in [5.74, 6) is 2.08. The van der Waals surface area contributed by atoms with Crippen LogP contribution in [0.5, 0.6) is 17.2 Å². The summed E-state index contributed by atoms with van der Waals surface area (Å²) in [6, 6.07) is 12.7. The molecule has 39 heavy (non-hydrogen) atoms. The number of amides is 1. The van der Waals surface area contributed by atoms with Crippen LogP contribution in [0.15, 0.2) is 42.5 Å². The first kappa shape index (κ1) is 28.9. The molecule has 3 atom stereocenters. The molecule has 0 aromatic heterocycles. The van der Waals surface area contributed by atoms with E-state index in [-0.39, 0.29) is 11.7 Å². The van der Waals surface area contributed by atoms with Crippen LogP contribution in [0.2, 0.25) is 0 Å². The van der Waals surface area contributed by atoms with Gasteiger partial charge in [0.15, 0.2) is 17.3 Å². The quantitative estimate of drug-likeness (QED) is 0.266. The Kier molecular flexibility index (Phi) is 10.6. The van der Waals surface area contributed by atoms with Gasteiger partial charge in [-0.15, -0.1) is 0 Å². The van der Waals surface area contributed by atoms with Gasteiger partial charge < -0.3 is 24.6 Å². The minimum absolute atomic E-state index is 0.0821. The van der Waals surface area contributed by atoms with E-state index in [2.05, 4.69) is 17.1 Å². The molecule has 1 saturated heterocycles. The number of likely N-dealkylation sites (tertiary alicyclic amines) is 1. The number of carbonyl (C=O) groups is 2. The molecule has 2 N–H and O–H groups in total. The summed E-state index contributed by atoms with van der Waals surface area (Å²) < 4.78 is 16.7. The third kappa shape index (κ3) is 8.19. The number of fused-ring (bicyclic) bond motifs is 1. The number of hydrogen-bond donors (Lipinski definition) is 2. The van der Waals surface area contributed by atoms with E-state index in [0.29, 0.717) is 74.3 Å². The second-order valence-corrected chi connectivity index (χ2v) is 10.4. The van der Waals surface area contributed by atoms with E-state index in [4.69, 9.17) is 14.2 Å². The molecule has 4 rings (SSSR count). The topological polar surface area (TPSA) is 97.3 Å². The monoisotopic (exact) mass is 538 g/mol. The fourth-order valence-corrected chi connectivity index (χ4v) is 5.29. The third-order valence-electron chi connectivity index (χ3n) is 7.55. The molecule has 8 heteroatoms. The average Bonchev–Trinajstić information content (AvgIpc) is 3.36. The van der Waals surface area contributed by atoms with E-state index in [0.717, 1.165) is 38.0 Å². The lowest BCUT2D eigenvalue weighted by molar-refractivity contribution is -0.123. The molecule has 1 unspecified atom stereocenters. The van der Waals surface area contributed by atoms with E-state index >= 15 is 0 Å². The van der Waals surface area contributed by atoms with Crippen molar-refractivity contribution in [2.45, 2.75) is 77.0 Å². The molecule has 2 aromatic carbocycles. The van der Waals surface area contributed by atoms with Crippen molar-refractivity contribution < 1.29 is 28.9 Å². The minimum Gasteiger partial charge on any atom is -0.494 e. The maximum absolute atomic E-state index is 12.9. The maximum atomic E-state index is 12.9. The predicted molar refractivity (Wildman–Crippen MR) is 150 cm³/mol. The number of ether oxygens (including phenoxy) is 3. The number of carbonyl (C=O) groups excluding carboxylic acids is 2. The predicted octanol–water partition coefficient (Wildman–Crippen LogP) is 4.69. The van der Waals surface area contributed by atoms with E-state index in [1.807, 2.05) is 37.3 Å². The van der Waals surface area contributed by atoms with Crippen LogP contribution in [0.1, 0.15) is 80.8 Å². The first-order valence-electron chi connectivity index (χ1n) is 14.3. The van der Waals surface area contributed by atoms with Gasteiger partial charge in [-0.2, -0.15) is 0 Å². The Morgan fingerprint density at radius 3 is 2.51 bits per heavy atom. The van der Waals surface area contributed by atoms with Gasteiger partial charge in [0.05, 0.1) is 12.6 Å². The number of nitrogens with one attached hydrogen (secondary N) is 1. The van der Waals surface area contributed by atoms with Crippen LogP contribution in [-0.4, -0.2) is 66.7 Å². The van der Waals surface area contributed by atoms with Gasteiger partial charge in [0, 0.05) is 31.0 Å². The van der Waals surface area contributed by atoms with E-state index in [9.17, 15) is 14.7 Å². The van der Waals surface area contributed by atoms with Crippen LogP contribution in [0.4, 0.5) is 0 Å². The normalized spacial score (nSPS) is 18.4. The minimum atomic E-state index is -0.871. The van der Waals surface area contributed by atoms with Crippen molar-refractivity contribution >= 4 is 11.7 Å². The zero-order valence-corrected chi connectivity index (χ0v) is 23.2. The number of aliphatic hydroxyl groups is 1. The lowest BCUT2D eigenvalue weighted by Crippen LogP contribution is -2.48. The zero-order valence-electron chi connectivity index (χ0n) is 23.2. The molecular weight excluding hydrogens is 496 g/mol. The van der Waals surface area contributed by atoms with E-state index < -0.39 is 12.1 Å². The average molecular weight is 539 g/mol. The summed E-state index contributed by atoms with van der Waals surface area (Å²) in [6.45, 7) is 7.24. The number of benzene rings is 2. The van der Waals surface area contributed by atoms with Gasteiger partial charge >= 0.3 is 0 Å². The summed E-state index contributed by atoms with van der Waals surface area (Å²) in [5.41, 5.74) is 1.38. The zero-order chi connectivity index (χ0) is 27.6. The van der Waals surface area contributed by atoms with Crippen molar-refractivity contribution in [1.29, 1.82) is 0 Å². The molecule has 0 saturated carbocycles. The van der Waals surface area contributed by atoms with Gasteiger partial charge in [-0.05, 0) is 88.0 Å². The molecule has 2 aliphatic rings. The lowest BCUT2D eigenvalue weighted by atomic mass is 10.00. The summed E-state index contributed by atoms with van der Waals surface area (Å²) in [6.07, 6.45) is 4.39. The Labute approximate surface area is 231 Å². The van der Waals surface area contributed by atoms with Gasteiger partial charge in [-0.1, -0.05) is 12.5 Å². The van der Waals surface area contributed by atoms with Crippen molar-refractivity contribution in [1.82, 2.24) is 10.2 Å². The number of aliphatic hydroxyl groups excluding tert-OH is 1. The van der Waals surface area contributed by atoms with Gasteiger partial charge in [-0.25, -0.2) is 0 Å². The van der Waals surface area contributed by atoms with Gasteiger partial charge in [0.1, 0.15) is 25.1 Å². The third-order valence-corrected chi connectivity index (χ3v) is 7.55. The summed E-state index contributed by atoms with van der Waals surface area (Å²) in [5, 5.41) is 14.4. The highest BCUT2D eigenvalue weighted by atomic mass is 16.6. The summed E-state index contributed by atoms with van der Waals surface area (Å²) >= 11 is 0. The number of Topliss-reactive ketones (excluding diaryl/α,β-unsaturated/α-hetero) is 1. The van der Waals surface area contributed by atoms with Crippen LogP contribution in [0.25, 0.3) is 0 Å². The molecule has 2 heterocycles. The molecule has 1 fully saturated rings. The molecule has 2 aromatic rings. The van der Waals surface area contributed by atoms with Crippen molar-refractivity contribution in [3.63, 3.8) is 0 Å². The number of rotatable bonds is 14. The Balaban J connectivity index is 1.26. The largest absolute Gasteiger partial charge is 0.494 e. The molecule has 1 amide bonds. The SMILES string of the molecule is CCOc1ccc(C(=O)CCCCCC(=O)N[C@H](CN2CCC[C@H]2C)C(O)c2ccc3c(c2)OCCO3)cc1. The number of nitrogens with zero attached hydrogens (tertiary/aromatic N) is 1. The maximum Gasteiger partial charge on any atom is 0.220 e. The Hall–Kier alpha value is -3.10. The fraction of sp³-hybridized carbons (Fsp3) is 0.548. The Morgan fingerprint density at radius 1 is 1.05 bits per heavy atom. The molecule has 0 aliphatic carbocycles. The standard InChI is InChI=1S/C31H42N2O6/c1-3-37-25-14-11-23(12-15-25)27(34)9-5-4-6-10-30(35)32-26(21-33-17-7-8-22(33)2)31(36)24-13-16-28-29(20-24)39-19-18-38-28/h11-16,20,22,26,31,36H,3-10,17-19,21H2,1-2H3,(H,32,35)/t22-,26-,31?/m1/s1. The molecule has 2 aliphatic heterocycles. The smallest absolute Gasteiger partial charge is 0.220 e. The van der Waals surface area contributed by atoms with Crippen molar-refractivity contribution in [2.24, 2.45) is 0 Å². The highest BCUT2D eigenvalue weighted by molar-refractivity contribution is 5.96. The first-order valence-corrected chi connectivity index (χ1v) is 14.3.